The second-order valence-corrected chi connectivity index (χ2v) is 6.66. The van der Waals surface area contributed by atoms with Crippen molar-refractivity contribution in [1.82, 2.24) is 5.48 Å². The lowest BCUT2D eigenvalue weighted by molar-refractivity contribution is 0.174. The molecule has 11 heteroatoms. The van der Waals surface area contributed by atoms with Crippen molar-refractivity contribution in [1.29, 1.82) is 0 Å². The van der Waals surface area contributed by atoms with E-state index < -0.39 is 10.1 Å². The number of benzene rings is 2. The first kappa shape index (κ1) is 20.2. The van der Waals surface area contributed by atoms with Crippen LogP contribution in [-0.4, -0.2) is 37.1 Å². The molecule has 0 aromatic heterocycles. The van der Waals surface area contributed by atoms with E-state index in [1.807, 2.05) is 6.92 Å². The number of nitrogens with zero attached hydrogens (tertiary/aromatic N) is 2. The zero-order valence-electron chi connectivity index (χ0n) is 14.2. The van der Waals surface area contributed by atoms with E-state index in [2.05, 4.69) is 10.2 Å². The number of hydroxylamine groups is 1. The Labute approximate surface area is 155 Å². The number of rotatable bonds is 3. The highest BCUT2D eigenvalue weighted by molar-refractivity contribution is 7.85. The molecule has 0 bridgehead atoms. The van der Waals surface area contributed by atoms with Gasteiger partial charge in [0.05, 0.1) is 11.1 Å². The van der Waals surface area contributed by atoms with Crippen LogP contribution < -0.4 is 20.7 Å². The average molecular weight is 394 g/mol. The zero-order valence-corrected chi connectivity index (χ0v) is 15.0. The third-order valence-corrected chi connectivity index (χ3v) is 4.07. The molecule has 3 rings (SSSR count). The standard InChI is InChI=1S/C9H10N4O3.C7H8O3S/c10-9(13-14)12-11-4-6-1-2-7-8(3-6)16-5-15-7;1-6-2-4-7(5-3-6)11(8,9)10/h1-4,14H,5H2,(H3,10,12,13);2-5H,1H3,(H,8,9,10). The molecule has 1 heterocycles. The van der Waals surface area contributed by atoms with Gasteiger partial charge >= 0.3 is 0 Å². The van der Waals surface area contributed by atoms with E-state index in [1.54, 1.807) is 35.8 Å². The molecule has 0 spiro atoms. The molecule has 0 saturated heterocycles. The van der Waals surface area contributed by atoms with Crippen molar-refractivity contribution < 1.29 is 27.7 Å². The molecule has 144 valence electrons. The minimum atomic E-state index is -4.02. The summed E-state index contributed by atoms with van der Waals surface area (Å²) in [6.45, 7) is 2.07. The van der Waals surface area contributed by atoms with Crippen LogP contribution in [0.1, 0.15) is 11.1 Å². The Morgan fingerprint density at radius 2 is 1.85 bits per heavy atom. The van der Waals surface area contributed by atoms with Crippen LogP contribution in [-0.2, 0) is 10.1 Å². The molecule has 27 heavy (non-hydrogen) atoms. The average Bonchev–Trinajstić information content (AvgIpc) is 3.09. The molecule has 1 aliphatic heterocycles. The first-order valence-corrected chi connectivity index (χ1v) is 8.94. The molecular weight excluding hydrogens is 376 g/mol. The van der Waals surface area contributed by atoms with E-state index in [0.717, 1.165) is 11.1 Å². The second-order valence-electron chi connectivity index (χ2n) is 5.24. The van der Waals surface area contributed by atoms with E-state index in [0.29, 0.717) is 11.5 Å². The van der Waals surface area contributed by atoms with Gasteiger partial charge in [-0.3, -0.25) is 9.76 Å². The molecule has 0 amide bonds. The zero-order chi connectivity index (χ0) is 19.9. The van der Waals surface area contributed by atoms with Crippen LogP contribution in [0.3, 0.4) is 0 Å². The minimum absolute atomic E-state index is 0.0666. The number of nitrogens with two attached hydrogens (primary N) is 1. The summed E-state index contributed by atoms with van der Waals surface area (Å²) < 4.78 is 39.9. The first-order valence-electron chi connectivity index (χ1n) is 7.50. The van der Waals surface area contributed by atoms with Crippen LogP contribution in [0.15, 0.2) is 57.6 Å². The van der Waals surface area contributed by atoms with Crippen LogP contribution in [0.5, 0.6) is 11.5 Å². The molecule has 0 radical (unpaired) electrons. The van der Waals surface area contributed by atoms with Gasteiger partial charge in [-0.15, -0.1) is 5.10 Å². The number of fused-ring (bicyclic) bond motifs is 1. The van der Waals surface area contributed by atoms with Crippen LogP contribution >= 0.6 is 0 Å². The van der Waals surface area contributed by atoms with Gasteiger partial charge in [-0.1, -0.05) is 17.7 Å². The van der Waals surface area contributed by atoms with Gasteiger partial charge in [0.15, 0.2) is 11.5 Å². The molecular formula is C16H18N4O6S. The van der Waals surface area contributed by atoms with Crippen molar-refractivity contribution in [2.45, 2.75) is 11.8 Å². The maximum Gasteiger partial charge on any atom is 0.294 e. The van der Waals surface area contributed by atoms with Crippen LogP contribution in [0.4, 0.5) is 0 Å². The van der Waals surface area contributed by atoms with Gasteiger partial charge in [0.25, 0.3) is 10.1 Å². The van der Waals surface area contributed by atoms with Gasteiger partial charge in [-0.2, -0.15) is 13.5 Å². The van der Waals surface area contributed by atoms with E-state index in [9.17, 15) is 8.42 Å². The lowest BCUT2D eigenvalue weighted by atomic mass is 10.2. The highest BCUT2D eigenvalue weighted by Crippen LogP contribution is 2.31. The summed E-state index contributed by atoms with van der Waals surface area (Å²) >= 11 is 0. The number of hydrogen-bond acceptors (Lipinski definition) is 7. The minimum Gasteiger partial charge on any atom is -0.454 e. The summed E-state index contributed by atoms with van der Waals surface area (Å²) in [4.78, 5) is -0.0666. The quantitative estimate of drug-likeness (QED) is 0.262. The molecule has 0 atom stereocenters. The predicted molar refractivity (Wildman–Crippen MR) is 97.7 cm³/mol. The van der Waals surface area contributed by atoms with Gasteiger partial charge in [0.1, 0.15) is 0 Å². The predicted octanol–water partition coefficient (Wildman–Crippen LogP) is 1.28. The Hall–Kier alpha value is -3.15. The molecule has 10 nitrogen and oxygen atoms in total. The van der Waals surface area contributed by atoms with Crippen LogP contribution in [0.2, 0.25) is 0 Å². The first-order chi connectivity index (χ1) is 12.8. The Morgan fingerprint density at radius 3 is 2.48 bits per heavy atom. The fourth-order valence-electron chi connectivity index (χ4n) is 1.88. The SMILES string of the molecule is Cc1ccc(S(=O)(=O)O)cc1.N/C(=N\N=Cc1ccc2c(c1)OCO2)NO. The number of nitrogens with one attached hydrogen (secondary N) is 1. The lowest BCUT2D eigenvalue weighted by Gasteiger charge is -1.96. The van der Waals surface area contributed by atoms with E-state index in [-0.39, 0.29) is 17.6 Å². The topological polar surface area (TPSA) is 156 Å². The summed E-state index contributed by atoms with van der Waals surface area (Å²) in [5.41, 5.74) is 8.57. The third-order valence-electron chi connectivity index (χ3n) is 3.20. The number of aryl methyl sites for hydroxylation is 1. The molecule has 5 N–H and O–H groups in total. The van der Waals surface area contributed by atoms with E-state index in [4.69, 9.17) is 25.0 Å². The highest BCUT2D eigenvalue weighted by Gasteiger charge is 2.12. The third kappa shape index (κ3) is 6.26. The molecule has 0 saturated carbocycles. The molecule has 2 aromatic carbocycles. The smallest absolute Gasteiger partial charge is 0.294 e. The van der Waals surface area contributed by atoms with Gasteiger partial charge in [0, 0.05) is 0 Å². The second kappa shape index (κ2) is 8.98. The van der Waals surface area contributed by atoms with Crippen molar-refractivity contribution in [2.75, 3.05) is 6.79 Å². The number of guanidine groups is 1. The lowest BCUT2D eigenvalue weighted by Crippen LogP contribution is -2.27. The normalized spacial score (nSPS) is 13.2. The van der Waals surface area contributed by atoms with Crippen molar-refractivity contribution in [3.8, 4) is 11.5 Å². The maximum atomic E-state index is 10.5. The van der Waals surface area contributed by atoms with Gasteiger partial charge in [-0.05, 0) is 42.8 Å². The largest absolute Gasteiger partial charge is 0.454 e. The van der Waals surface area contributed by atoms with Gasteiger partial charge in [0.2, 0.25) is 12.8 Å². The van der Waals surface area contributed by atoms with Crippen molar-refractivity contribution in [3.63, 3.8) is 0 Å². The van der Waals surface area contributed by atoms with E-state index >= 15 is 0 Å². The van der Waals surface area contributed by atoms with Gasteiger partial charge < -0.3 is 15.2 Å². The highest BCUT2D eigenvalue weighted by atomic mass is 32.2. The summed E-state index contributed by atoms with van der Waals surface area (Å²) in [6.07, 6.45) is 1.48. The molecule has 0 fully saturated rings. The maximum absolute atomic E-state index is 10.5. The fourth-order valence-corrected chi connectivity index (χ4v) is 2.36. The number of hydrogen-bond donors (Lipinski definition) is 4. The van der Waals surface area contributed by atoms with Crippen LogP contribution in [0, 0.1) is 6.92 Å². The fraction of sp³-hybridized carbons (Fsp3) is 0.125. The summed E-state index contributed by atoms with van der Waals surface area (Å²) in [6, 6.07) is 11.3. The summed E-state index contributed by atoms with van der Waals surface area (Å²) in [5.74, 6) is 1.19. The van der Waals surface area contributed by atoms with Crippen molar-refractivity contribution in [2.24, 2.45) is 15.9 Å². The molecule has 0 aliphatic carbocycles. The van der Waals surface area contributed by atoms with Crippen molar-refractivity contribution >= 4 is 22.3 Å². The number of ether oxygens (including phenoxy) is 2. The van der Waals surface area contributed by atoms with E-state index in [1.165, 1.54) is 18.3 Å². The summed E-state index contributed by atoms with van der Waals surface area (Å²) in [5, 5.41) is 15.5. The van der Waals surface area contributed by atoms with Crippen LogP contribution in [0.25, 0.3) is 0 Å². The molecule has 0 unspecified atom stereocenters. The molecule has 2 aromatic rings. The Balaban J connectivity index is 0.000000208. The summed E-state index contributed by atoms with van der Waals surface area (Å²) in [7, 11) is -4.02. The molecule has 1 aliphatic rings. The van der Waals surface area contributed by atoms with Crippen molar-refractivity contribution in [3.05, 3.63) is 53.6 Å². The van der Waals surface area contributed by atoms with Gasteiger partial charge in [-0.25, -0.2) is 5.48 Å². The Bertz CT molecular complexity index is 942. The Kier molecular flexibility index (Phi) is 6.71. The monoisotopic (exact) mass is 394 g/mol. The Morgan fingerprint density at radius 1 is 1.19 bits per heavy atom.